The smallest absolute Gasteiger partial charge is 0.336 e. The van der Waals surface area contributed by atoms with Crippen LogP contribution in [0.2, 0.25) is 6.55 Å². The van der Waals surface area contributed by atoms with Gasteiger partial charge in [0.05, 0.1) is 0 Å². The van der Waals surface area contributed by atoms with Crippen LogP contribution in [-0.2, 0) is 32.7 Å². The van der Waals surface area contributed by atoms with E-state index < -0.39 is 16.9 Å². The van der Waals surface area contributed by atoms with E-state index >= 15 is 0 Å². The SMILES string of the molecule is CCO[Si](Cc1ccccc1)(Cc1ccccc1)O[Si](C)(Cc1ccccc1)Cc1ccccc1. The number of benzene rings is 4. The second-order valence-corrected chi connectivity index (χ2v) is 16.8. The lowest BCUT2D eigenvalue weighted by Crippen LogP contribution is -2.58. The first-order valence-electron chi connectivity index (χ1n) is 12.6. The third-order valence-corrected chi connectivity index (χ3v) is 14.8. The molecule has 0 aromatic heterocycles. The van der Waals surface area contributed by atoms with Gasteiger partial charge in [-0.15, -0.1) is 0 Å². The van der Waals surface area contributed by atoms with Crippen molar-refractivity contribution in [1.29, 1.82) is 0 Å². The van der Waals surface area contributed by atoms with Gasteiger partial charge in [0, 0.05) is 18.7 Å². The van der Waals surface area contributed by atoms with Crippen LogP contribution < -0.4 is 0 Å². The molecule has 35 heavy (non-hydrogen) atoms. The van der Waals surface area contributed by atoms with Gasteiger partial charge in [-0.25, -0.2) is 0 Å². The van der Waals surface area contributed by atoms with Gasteiger partial charge in [0.15, 0.2) is 8.32 Å². The lowest BCUT2D eigenvalue weighted by atomic mass is 10.2. The fourth-order valence-electron chi connectivity index (χ4n) is 4.98. The maximum Gasteiger partial charge on any atom is 0.336 e. The summed E-state index contributed by atoms with van der Waals surface area (Å²) in [4.78, 5) is 0. The van der Waals surface area contributed by atoms with Crippen LogP contribution in [0.4, 0.5) is 0 Å². The van der Waals surface area contributed by atoms with Crippen LogP contribution in [0, 0.1) is 0 Å². The highest BCUT2D eigenvalue weighted by atomic mass is 28.4. The van der Waals surface area contributed by atoms with Crippen LogP contribution in [0.5, 0.6) is 0 Å². The first-order chi connectivity index (χ1) is 17.1. The van der Waals surface area contributed by atoms with Crippen LogP contribution in [0.25, 0.3) is 0 Å². The Bertz CT molecular complexity index is 1050. The van der Waals surface area contributed by atoms with Gasteiger partial charge in [-0.05, 0) is 47.8 Å². The van der Waals surface area contributed by atoms with Crippen LogP contribution in [0.15, 0.2) is 121 Å². The van der Waals surface area contributed by atoms with E-state index in [2.05, 4.69) is 135 Å². The molecule has 0 bridgehead atoms. The molecule has 2 nitrogen and oxygen atoms in total. The van der Waals surface area contributed by atoms with Crippen molar-refractivity contribution in [3.05, 3.63) is 144 Å². The maximum atomic E-state index is 7.54. The zero-order valence-electron chi connectivity index (χ0n) is 20.9. The van der Waals surface area contributed by atoms with E-state index in [1.807, 2.05) is 0 Å². The molecule has 0 N–H and O–H groups in total. The molecule has 0 heterocycles. The first kappa shape index (κ1) is 25.3. The Morgan fingerprint density at radius 2 is 0.800 bits per heavy atom. The molecule has 4 aromatic rings. The molecule has 180 valence electrons. The molecule has 4 aromatic carbocycles. The minimum Gasteiger partial charge on any atom is -0.435 e. The first-order valence-corrected chi connectivity index (χ1v) is 17.6. The summed E-state index contributed by atoms with van der Waals surface area (Å²) in [5.74, 6) is 0. The van der Waals surface area contributed by atoms with Gasteiger partial charge in [0.1, 0.15) is 0 Å². The Morgan fingerprint density at radius 3 is 1.11 bits per heavy atom. The third kappa shape index (κ3) is 7.61. The average Bonchev–Trinajstić information content (AvgIpc) is 2.86. The minimum absolute atomic E-state index is 0.660. The molecule has 0 aliphatic heterocycles. The minimum atomic E-state index is -2.66. The molecule has 0 fully saturated rings. The molecule has 0 spiro atoms. The van der Waals surface area contributed by atoms with Crippen molar-refractivity contribution in [3.63, 3.8) is 0 Å². The van der Waals surface area contributed by atoms with Crippen LogP contribution in [0.3, 0.4) is 0 Å². The molecule has 0 amide bonds. The van der Waals surface area contributed by atoms with E-state index in [0.717, 1.165) is 24.2 Å². The molecule has 4 heteroatoms. The largest absolute Gasteiger partial charge is 0.435 e. The van der Waals surface area contributed by atoms with E-state index in [1.54, 1.807) is 0 Å². The lowest BCUT2D eigenvalue weighted by molar-refractivity contribution is 0.243. The Kier molecular flexibility index (Phi) is 8.88. The zero-order valence-corrected chi connectivity index (χ0v) is 22.9. The van der Waals surface area contributed by atoms with E-state index in [-0.39, 0.29) is 0 Å². The molecule has 0 unspecified atom stereocenters. The van der Waals surface area contributed by atoms with E-state index in [0.29, 0.717) is 6.61 Å². The van der Waals surface area contributed by atoms with Crippen molar-refractivity contribution in [1.82, 2.24) is 0 Å². The quantitative estimate of drug-likeness (QED) is 0.193. The second-order valence-electron chi connectivity index (χ2n) is 9.55. The normalized spacial score (nSPS) is 11.9. The number of hydrogen-bond donors (Lipinski definition) is 0. The summed E-state index contributed by atoms with van der Waals surface area (Å²) < 4.78 is 14.3. The maximum absolute atomic E-state index is 7.54. The topological polar surface area (TPSA) is 18.5 Å². The molecule has 4 rings (SSSR count). The standard InChI is InChI=1S/C31H36O2Si2/c1-3-32-35(26-30-20-12-6-13-21-30,27-31-22-14-7-15-23-31)33-34(2,24-28-16-8-4-9-17-28)25-29-18-10-5-11-19-29/h4-23H,3,24-27H2,1-2H3. The Morgan fingerprint density at radius 1 is 0.486 bits per heavy atom. The summed E-state index contributed by atoms with van der Waals surface area (Å²) in [5.41, 5.74) is 5.27. The number of rotatable bonds is 12. The van der Waals surface area contributed by atoms with Crippen molar-refractivity contribution in [2.75, 3.05) is 6.61 Å². The highest BCUT2D eigenvalue weighted by molar-refractivity contribution is 6.82. The molecule has 0 atom stereocenters. The number of hydrogen-bond acceptors (Lipinski definition) is 2. The van der Waals surface area contributed by atoms with Crippen molar-refractivity contribution in [3.8, 4) is 0 Å². The van der Waals surface area contributed by atoms with Crippen LogP contribution in [0.1, 0.15) is 29.2 Å². The van der Waals surface area contributed by atoms with E-state index in [9.17, 15) is 0 Å². The summed E-state index contributed by atoms with van der Waals surface area (Å²) in [6.45, 7) is 5.17. The van der Waals surface area contributed by atoms with Gasteiger partial charge in [0.25, 0.3) is 0 Å². The summed E-state index contributed by atoms with van der Waals surface area (Å²) in [7, 11) is -4.93. The van der Waals surface area contributed by atoms with Gasteiger partial charge >= 0.3 is 8.56 Å². The molecular weight excluding hydrogens is 461 g/mol. The van der Waals surface area contributed by atoms with Crippen molar-refractivity contribution >= 4 is 16.9 Å². The van der Waals surface area contributed by atoms with Gasteiger partial charge in [0.2, 0.25) is 0 Å². The Balaban J connectivity index is 1.73. The molecule has 0 radical (unpaired) electrons. The van der Waals surface area contributed by atoms with Gasteiger partial charge in [-0.2, -0.15) is 0 Å². The molecule has 0 saturated carbocycles. The Labute approximate surface area is 213 Å². The summed E-state index contributed by atoms with van der Waals surface area (Å²) >= 11 is 0. The highest BCUT2D eigenvalue weighted by Gasteiger charge is 2.45. The Hall–Kier alpha value is -2.77. The van der Waals surface area contributed by atoms with Crippen molar-refractivity contribution in [2.45, 2.75) is 37.6 Å². The lowest BCUT2D eigenvalue weighted by Gasteiger charge is -2.40. The van der Waals surface area contributed by atoms with E-state index in [4.69, 9.17) is 8.54 Å². The van der Waals surface area contributed by atoms with Gasteiger partial charge < -0.3 is 8.54 Å². The van der Waals surface area contributed by atoms with Crippen molar-refractivity contribution in [2.24, 2.45) is 0 Å². The van der Waals surface area contributed by atoms with E-state index in [1.165, 1.54) is 22.3 Å². The molecule has 0 aliphatic carbocycles. The van der Waals surface area contributed by atoms with Crippen LogP contribution in [-0.4, -0.2) is 23.5 Å². The molecule has 0 saturated heterocycles. The second kappa shape index (κ2) is 12.3. The predicted octanol–water partition coefficient (Wildman–Crippen LogP) is 7.18. The predicted molar refractivity (Wildman–Crippen MR) is 151 cm³/mol. The van der Waals surface area contributed by atoms with Crippen molar-refractivity contribution < 1.29 is 8.54 Å². The van der Waals surface area contributed by atoms with Crippen LogP contribution >= 0.6 is 0 Å². The average molecular weight is 497 g/mol. The fraction of sp³-hybridized carbons (Fsp3) is 0.226. The summed E-state index contributed by atoms with van der Waals surface area (Å²) in [6.07, 6.45) is 0. The third-order valence-electron chi connectivity index (χ3n) is 6.31. The summed E-state index contributed by atoms with van der Waals surface area (Å²) in [6, 6.07) is 46.7. The highest BCUT2D eigenvalue weighted by Crippen LogP contribution is 2.29. The zero-order chi connectivity index (χ0) is 24.4. The molecule has 0 aliphatic rings. The summed E-state index contributed by atoms with van der Waals surface area (Å²) in [5, 5.41) is 0. The van der Waals surface area contributed by atoms with Gasteiger partial charge in [-0.3, -0.25) is 0 Å². The monoisotopic (exact) mass is 496 g/mol. The fourth-order valence-corrected chi connectivity index (χ4v) is 14.9. The molecular formula is C31H36O2Si2. The van der Waals surface area contributed by atoms with Gasteiger partial charge in [-0.1, -0.05) is 121 Å².